The molecule has 0 aliphatic carbocycles. The molecule has 0 aromatic rings. The lowest BCUT2D eigenvalue weighted by Gasteiger charge is -1.81. The van der Waals surface area contributed by atoms with Crippen LogP contribution in [0.1, 0.15) is 6.92 Å². The molecule has 0 fully saturated rings. The van der Waals surface area contributed by atoms with Gasteiger partial charge in [0.05, 0.1) is 0 Å². The summed E-state index contributed by atoms with van der Waals surface area (Å²) in [6.45, 7) is 5.21. The Hall–Kier alpha value is -0.500. The lowest BCUT2D eigenvalue weighted by molar-refractivity contribution is 1.50. The van der Waals surface area contributed by atoms with E-state index in [9.17, 15) is 0 Å². The minimum absolute atomic E-state index is 0.514. The molecule has 0 rings (SSSR count). The maximum atomic E-state index is 6.93. The molecule has 0 spiro atoms. The molecule has 0 bridgehead atoms. The van der Waals surface area contributed by atoms with Crippen LogP contribution >= 0.6 is 12.6 Å². The molecule has 44 valence electrons. The van der Waals surface area contributed by atoms with Crippen molar-refractivity contribution in [2.45, 2.75) is 6.92 Å². The highest BCUT2D eigenvalue weighted by molar-refractivity contribution is 7.84. The maximum Gasteiger partial charge on any atom is 0.0283 e. The van der Waals surface area contributed by atoms with Crippen molar-refractivity contribution in [3.8, 4) is 0 Å². The molecular weight excluding hydrogens is 118 g/mol. The normalized spacial score (nSPS) is 9.75. The second kappa shape index (κ2) is 3.50. The summed E-state index contributed by atoms with van der Waals surface area (Å²) in [6, 6.07) is 0. The fourth-order valence-electron chi connectivity index (χ4n) is 0.221. The van der Waals surface area contributed by atoms with Crippen LogP contribution in [0.2, 0.25) is 0 Å². The van der Waals surface area contributed by atoms with Crippen molar-refractivity contribution in [2.24, 2.45) is 0 Å². The average Bonchev–Trinajstić information content (AvgIpc) is 1.61. The van der Waals surface area contributed by atoms with E-state index in [0.29, 0.717) is 10.6 Å². The Labute approximate surface area is 55.0 Å². The van der Waals surface area contributed by atoms with Crippen LogP contribution in [-0.2, 0) is 0 Å². The van der Waals surface area contributed by atoms with Gasteiger partial charge >= 0.3 is 0 Å². The molecule has 0 radical (unpaired) electrons. The Kier molecular flexibility index (Phi) is 3.28. The van der Waals surface area contributed by atoms with Crippen molar-refractivity contribution in [3.63, 3.8) is 0 Å². The molecule has 1 N–H and O–H groups in total. The Morgan fingerprint density at radius 2 is 2.12 bits per heavy atom. The molecule has 0 atom stereocenters. The van der Waals surface area contributed by atoms with Crippen LogP contribution in [-0.4, -0.2) is 5.71 Å². The second-order valence-corrected chi connectivity index (χ2v) is 2.08. The van der Waals surface area contributed by atoms with E-state index in [1.54, 1.807) is 19.1 Å². The van der Waals surface area contributed by atoms with E-state index in [4.69, 9.17) is 5.41 Å². The van der Waals surface area contributed by atoms with Crippen LogP contribution in [0.3, 0.4) is 0 Å². The zero-order valence-corrected chi connectivity index (χ0v) is 5.70. The third-order valence-electron chi connectivity index (χ3n) is 0.526. The van der Waals surface area contributed by atoms with Gasteiger partial charge in [0.2, 0.25) is 0 Å². The zero-order chi connectivity index (χ0) is 6.57. The first-order valence-corrected chi connectivity index (χ1v) is 2.69. The van der Waals surface area contributed by atoms with Gasteiger partial charge in [0.15, 0.2) is 0 Å². The van der Waals surface area contributed by atoms with E-state index >= 15 is 0 Å². The highest BCUT2D eigenvalue weighted by Gasteiger charge is 1.75. The summed E-state index contributed by atoms with van der Waals surface area (Å²) >= 11 is 3.89. The lowest BCUT2D eigenvalue weighted by Crippen LogP contribution is -1.76. The molecule has 0 aromatic heterocycles. The van der Waals surface area contributed by atoms with E-state index in [-0.39, 0.29) is 0 Å². The first kappa shape index (κ1) is 7.50. The fraction of sp³-hybridized carbons (Fsp3) is 0.167. The first-order valence-electron chi connectivity index (χ1n) is 2.24. The molecule has 0 heterocycles. The minimum Gasteiger partial charge on any atom is -0.306 e. The fourth-order valence-corrected chi connectivity index (χ4v) is 0.296. The lowest BCUT2D eigenvalue weighted by atomic mass is 10.4. The number of hydrogen-bond donors (Lipinski definition) is 2. The van der Waals surface area contributed by atoms with Gasteiger partial charge in [-0.1, -0.05) is 6.58 Å². The molecule has 1 nitrogen and oxygen atoms in total. The Morgan fingerprint density at radius 3 is 2.25 bits per heavy atom. The highest BCUT2D eigenvalue weighted by atomic mass is 32.1. The summed E-state index contributed by atoms with van der Waals surface area (Å²) in [5.41, 5.74) is 0.514. The molecular formula is C6H9NS. The number of hydrogen-bond acceptors (Lipinski definition) is 2. The van der Waals surface area contributed by atoms with Crippen LogP contribution in [0.5, 0.6) is 0 Å². The van der Waals surface area contributed by atoms with E-state index in [0.717, 1.165) is 0 Å². The van der Waals surface area contributed by atoms with Crippen molar-refractivity contribution in [2.75, 3.05) is 0 Å². The van der Waals surface area contributed by atoms with Crippen LogP contribution in [0.4, 0.5) is 0 Å². The minimum atomic E-state index is 0.514. The van der Waals surface area contributed by atoms with Crippen molar-refractivity contribution < 1.29 is 0 Å². The van der Waals surface area contributed by atoms with Crippen LogP contribution in [0.25, 0.3) is 0 Å². The molecule has 0 aliphatic heterocycles. The summed E-state index contributed by atoms with van der Waals surface area (Å²) in [4.78, 5) is 0.677. The summed E-state index contributed by atoms with van der Waals surface area (Å²) in [5.74, 6) is 0. The van der Waals surface area contributed by atoms with Crippen molar-refractivity contribution in [1.29, 1.82) is 5.41 Å². The topological polar surface area (TPSA) is 23.9 Å². The third kappa shape index (κ3) is 5.50. The van der Waals surface area contributed by atoms with Gasteiger partial charge in [-0.05, 0) is 24.0 Å². The van der Waals surface area contributed by atoms with Gasteiger partial charge in [0.1, 0.15) is 0 Å². The molecule has 0 saturated carbocycles. The standard InChI is InChI=1S/C6H9NS/c1-5(7)3-4-6(2)8/h3-4,7-8H,2H2,1H3/b4-3-,7-5?. The number of nitrogens with one attached hydrogen (secondary N) is 1. The third-order valence-corrected chi connectivity index (χ3v) is 0.675. The first-order chi connectivity index (χ1) is 3.63. The maximum absolute atomic E-state index is 6.93. The average molecular weight is 127 g/mol. The van der Waals surface area contributed by atoms with Crippen molar-refractivity contribution >= 4 is 18.3 Å². The summed E-state index contributed by atoms with van der Waals surface area (Å²) in [6.07, 6.45) is 3.33. The van der Waals surface area contributed by atoms with Crippen molar-refractivity contribution in [3.05, 3.63) is 23.6 Å². The van der Waals surface area contributed by atoms with Gasteiger partial charge in [0.25, 0.3) is 0 Å². The molecule has 0 unspecified atom stereocenters. The van der Waals surface area contributed by atoms with Crippen LogP contribution < -0.4 is 0 Å². The van der Waals surface area contributed by atoms with Crippen LogP contribution in [0.15, 0.2) is 23.6 Å². The molecule has 0 aliphatic rings. The zero-order valence-electron chi connectivity index (χ0n) is 4.81. The monoisotopic (exact) mass is 127 g/mol. The molecule has 0 saturated heterocycles. The largest absolute Gasteiger partial charge is 0.306 e. The predicted octanol–water partition coefficient (Wildman–Crippen LogP) is 2.03. The van der Waals surface area contributed by atoms with Gasteiger partial charge in [0, 0.05) is 5.71 Å². The van der Waals surface area contributed by atoms with Gasteiger partial charge in [-0.25, -0.2) is 0 Å². The van der Waals surface area contributed by atoms with Gasteiger partial charge in [-0.3, -0.25) is 0 Å². The van der Waals surface area contributed by atoms with Gasteiger partial charge in [-0.2, -0.15) is 0 Å². The molecule has 2 heteroatoms. The van der Waals surface area contributed by atoms with Gasteiger partial charge in [-0.15, -0.1) is 12.6 Å². The number of allylic oxidation sites excluding steroid dienone is 2. The van der Waals surface area contributed by atoms with Crippen LogP contribution in [0, 0.1) is 5.41 Å². The van der Waals surface area contributed by atoms with E-state index in [1.165, 1.54) is 0 Å². The summed E-state index contributed by atoms with van der Waals surface area (Å²) in [7, 11) is 0. The Balaban J connectivity index is 3.67. The molecule has 0 aromatic carbocycles. The highest BCUT2D eigenvalue weighted by Crippen LogP contribution is 1.95. The van der Waals surface area contributed by atoms with Crippen molar-refractivity contribution in [1.82, 2.24) is 0 Å². The Bertz CT molecular complexity index is 119. The van der Waals surface area contributed by atoms with E-state index in [2.05, 4.69) is 19.2 Å². The Morgan fingerprint density at radius 1 is 1.62 bits per heavy atom. The smallest absolute Gasteiger partial charge is 0.0283 e. The number of thiol groups is 1. The van der Waals surface area contributed by atoms with E-state index < -0.39 is 0 Å². The molecule has 8 heavy (non-hydrogen) atoms. The van der Waals surface area contributed by atoms with E-state index in [1.807, 2.05) is 0 Å². The summed E-state index contributed by atoms with van der Waals surface area (Å²) in [5, 5.41) is 6.93. The quantitative estimate of drug-likeness (QED) is 0.322. The predicted molar refractivity (Wildman–Crippen MR) is 40.7 cm³/mol. The second-order valence-electron chi connectivity index (χ2n) is 1.51. The van der Waals surface area contributed by atoms with Gasteiger partial charge < -0.3 is 5.41 Å². The SMILES string of the molecule is C=C(S)/C=C\C(C)=N. The molecule has 0 amide bonds. The summed E-state index contributed by atoms with van der Waals surface area (Å²) < 4.78 is 0. The number of rotatable bonds is 2.